The number of piperazine rings is 1. The van der Waals surface area contributed by atoms with Crippen molar-refractivity contribution < 1.29 is 23.8 Å². The summed E-state index contributed by atoms with van der Waals surface area (Å²) >= 11 is 6.37. The minimum absolute atomic E-state index is 0.0931. The minimum atomic E-state index is -0.631. The van der Waals surface area contributed by atoms with Gasteiger partial charge in [0.1, 0.15) is 11.4 Å². The fourth-order valence-electron chi connectivity index (χ4n) is 4.00. The first-order valence-corrected chi connectivity index (χ1v) is 11.3. The molecule has 1 saturated heterocycles. The van der Waals surface area contributed by atoms with Gasteiger partial charge in [-0.05, 0) is 44.5 Å². The lowest BCUT2D eigenvalue weighted by atomic mass is 10.0. The lowest BCUT2D eigenvalue weighted by Crippen LogP contribution is -2.54. The second-order valence-electron chi connectivity index (χ2n) is 9.13. The number of fused-ring (bicyclic) bond motifs is 1. The quantitative estimate of drug-likeness (QED) is 0.674. The van der Waals surface area contributed by atoms with Crippen LogP contribution in [0.3, 0.4) is 0 Å². The second-order valence-corrected chi connectivity index (χ2v) is 9.57. The van der Waals surface area contributed by atoms with Crippen LogP contribution in [0, 0.1) is 0 Å². The van der Waals surface area contributed by atoms with Crippen molar-refractivity contribution in [2.75, 3.05) is 33.3 Å². The number of benzene rings is 1. The number of hydrogen-bond donors (Lipinski definition) is 0. The van der Waals surface area contributed by atoms with Gasteiger partial charge in [-0.2, -0.15) is 0 Å². The molecule has 176 valence electrons. The molecule has 2 aromatic rings. The van der Waals surface area contributed by atoms with E-state index in [1.165, 1.54) is 0 Å². The Labute approximate surface area is 198 Å². The van der Waals surface area contributed by atoms with Gasteiger partial charge in [-0.15, -0.1) is 0 Å². The van der Waals surface area contributed by atoms with Crippen LogP contribution in [-0.4, -0.2) is 71.8 Å². The number of aromatic nitrogens is 1. The van der Waals surface area contributed by atoms with Crippen molar-refractivity contribution in [2.45, 2.75) is 38.9 Å². The van der Waals surface area contributed by atoms with Crippen LogP contribution in [0.1, 0.15) is 26.3 Å². The number of halogens is 1. The van der Waals surface area contributed by atoms with Crippen molar-refractivity contribution >= 4 is 23.6 Å². The van der Waals surface area contributed by atoms with Gasteiger partial charge in [0.2, 0.25) is 5.88 Å². The van der Waals surface area contributed by atoms with Crippen LogP contribution >= 0.6 is 11.6 Å². The summed E-state index contributed by atoms with van der Waals surface area (Å²) in [5.74, 6) is 1.04. The highest BCUT2D eigenvalue weighted by molar-refractivity contribution is 6.31. The smallest absolute Gasteiger partial charge is 0.410 e. The van der Waals surface area contributed by atoms with E-state index in [0.29, 0.717) is 49.3 Å². The van der Waals surface area contributed by atoms with Crippen molar-refractivity contribution in [2.24, 2.45) is 0 Å². The molecule has 9 heteroatoms. The summed E-state index contributed by atoms with van der Waals surface area (Å²) in [6.07, 6.45) is 1.11. The van der Waals surface area contributed by atoms with E-state index in [1.54, 1.807) is 29.2 Å². The van der Waals surface area contributed by atoms with Gasteiger partial charge >= 0.3 is 6.09 Å². The van der Waals surface area contributed by atoms with E-state index >= 15 is 0 Å². The summed E-state index contributed by atoms with van der Waals surface area (Å²) in [5, 5.41) is 0.571. The molecular weight excluding hydrogens is 446 g/mol. The number of methoxy groups -OCH3 is 1. The van der Waals surface area contributed by atoms with Gasteiger partial charge in [0.15, 0.2) is 6.10 Å². The molecule has 1 unspecified atom stereocenters. The zero-order valence-corrected chi connectivity index (χ0v) is 20.0. The molecule has 33 heavy (non-hydrogen) atoms. The molecule has 0 aliphatic carbocycles. The number of hydrogen-bond acceptors (Lipinski definition) is 6. The number of ether oxygens (including phenoxy) is 3. The van der Waals surface area contributed by atoms with Gasteiger partial charge < -0.3 is 24.0 Å². The molecule has 1 aromatic carbocycles. The van der Waals surface area contributed by atoms with Crippen LogP contribution in [0.25, 0.3) is 11.1 Å². The number of carbonyl (C=O) groups is 2. The Morgan fingerprint density at radius 3 is 2.48 bits per heavy atom. The average Bonchev–Trinajstić information content (AvgIpc) is 3.21. The van der Waals surface area contributed by atoms with E-state index in [1.807, 2.05) is 39.0 Å². The third kappa shape index (κ3) is 5.16. The lowest BCUT2D eigenvalue weighted by molar-refractivity contribution is -0.139. The third-order valence-electron chi connectivity index (χ3n) is 5.57. The van der Waals surface area contributed by atoms with Crippen molar-refractivity contribution in [1.82, 2.24) is 14.8 Å². The van der Waals surface area contributed by atoms with Gasteiger partial charge in [-0.3, -0.25) is 4.79 Å². The first kappa shape index (κ1) is 23.2. The largest absolute Gasteiger partial charge is 0.481 e. The zero-order chi connectivity index (χ0) is 23.8. The van der Waals surface area contributed by atoms with Crippen LogP contribution in [0.2, 0.25) is 5.02 Å². The molecule has 0 saturated carbocycles. The molecule has 2 amide bonds. The highest BCUT2D eigenvalue weighted by Gasteiger charge is 2.36. The number of carbonyl (C=O) groups excluding carboxylic acids is 2. The number of rotatable bonds is 3. The predicted molar refractivity (Wildman–Crippen MR) is 124 cm³/mol. The molecule has 2 aliphatic heterocycles. The molecule has 0 spiro atoms. The summed E-state index contributed by atoms with van der Waals surface area (Å²) in [5.41, 5.74) is 1.98. The molecule has 4 rings (SSSR count). The van der Waals surface area contributed by atoms with E-state index in [9.17, 15) is 9.59 Å². The molecule has 3 heterocycles. The van der Waals surface area contributed by atoms with Crippen molar-refractivity contribution in [3.05, 3.63) is 41.0 Å². The van der Waals surface area contributed by atoms with Gasteiger partial charge in [-0.1, -0.05) is 11.6 Å². The van der Waals surface area contributed by atoms with Crippen LogP contribution in [0.15, 0.2) is 30.5 Å². The Morgan fingerprint density at radius 1 is 1.12 bits per heavy atom. The van der Waals surface area contributed by atoms with E-state index in [2.05, 4.69) is 4.98 Å². The molecule has 1 atom stereocenters. The maximum Gasteiger partial charge on any atom is 0.410 e. The average molecular weight is 474 g/mol. The Bertz CT molecular complexity index is 1060. The van der Waals surface area contributed by atoms with E-state index in [-0.39, 0.29) is 12.0 Å². The van der Waals surface area contributed by atoms with Gasteiger partial charge in [0.05, 0.1) is 7.11 Å². The first-order chi connectivity index (χ1) is 15.6. The highest BCUT2D eigenvalue weighted by Crippen LogP contribution is 2.42. The first-order valence-electron chi connectivity index (χ1n) is 10.9. The normalized spacial score (nSPS) is 17.9. The third-order valence-corrected chi connectivity index (χ3v) is 5.79. The van der Waals surface area contributed by atoms with Crippen molar-refractivity contribution in [3.8, 4) is 22.8 Å². The molecule has 8 nitrogen and oxygen atoms in total. The van der Waals surface area contributed by atoms with Crippen molar-refractivity contribution in [3.63, 3.8) is 0 Å². The fraction of sp³-hybridized carbons (Fsp3) is 0.458. The monoisotopic (exact) mass is 473 g/mol. The minimum Gasteiger partial charge on any atom is -0.481 e. The lowest BCUT2D eigenvalue weighted by Gasteiger charge is -2.36. The van der Waals surface area contributed by atoms with Crippen LogP contribution in [-0.2, 0) is 16.0 Å². The Balaban J connectivity index is 1.45. The molecule has 2 aliphatic rings. The maximum absolute atomic E-state index is 13.2. The second kappa shape index (κ2) is 9.09. The SMILES string of the molecule is COc1cc(-c2cc(Cl)cc3c2OC(C(=O)N2CCN(C(=O)OC(C)(C)C)CC2)C3)ccn1. The molecule has 0 N–H and O–H groups in total. The fourth-order valence-corrected chi connectivity index (χ4v) is 4.25. The number of pyridine rings is 1. The highest BCUT2D eigenvalue weighted by atomic mass is 35.5. The molecule has 1 aromatic heterocycles. The van der Waals surface area contributed by atoms with Crippen LogP contribution in [0.4, 0.5) is 4.79 Å². The Kier molecular flexibility index (Phi) is 6.38. The van der Waals surface area contributed by atoms with Crippen LogP contribution in [0.5, 0.6) is 11.6 Å². The van der Waals surface area contributed by atoms with Crippen molar-refractivity contribution in [1.29, 1.82) is 0 Å². The predicted octanol–water partition coefficient (Wildman–Crippen LogP) is 3.79. The van der Waals surface area contributed by atoms with Gasteiger partial charge in [-0.25, -0.2) is 9.78 Å². The number of nitrogens with zero attached hydrogens (tertiary/aromatic N) is 3. The summed E-state index contributed by atoms with van der Waals surface area (Å²) in [4.78, 5) is 33.0. The summed E-state index contributed by atoms with van der Waals surface area (Å²) < 4.78 is 16.8. The van der Waals surface area contributed by atoms with E-state index in [4.69, 9.17) is 25.8 Å². The topological polar surface area (TPSA) is 81.2 Å². The Hall–Kier alpha value is -3.00. The van der Waals surface area contributed by atoms with Crippen LogP contribution < -0.4 is 9.47 Å². The maximum atomic E-state index is 13.2. The summed E-state index contributed by atoms with van der Waals surface area (Å²) in [6.45, 7) is 7.22. The zero-order valence-electron chi connectivity index (χ0n) is 19.3. The molecule has 0 bridgehead atoms. The van der Waals surface area contributed by atoms with Gasteiger partial charge in [0.25, 0.3) is 5.91 Å². The van der Waals surface area contributed by atoms with E-state index in [0.717, 1.165) is 16.7 Å². The molecular formula is C24H28ClN3O5. The summed E-state index contributed by atoms with van der Waals surface area (Å²) in [6, 6.07) is 7.32. The number of amides is 2. The Morgan fingerprint density at radius 2 is 1.82 bits per heavy atom. The summed E-state index contributed by atoms with van der Waals surface area (Å²) in [7, 11) is 1.56. The van der Waals surface area contributed by atoms with E-state index < -0.39 is 11.7 Å². The van der Waals surface area contributed by atoms with Gasteiger partial charge in [0, 0.05) is 61.0 Å². The molecule has 0 radical (unpaired) electrons. The standard InChI is InChI=1S/C24H28ClN3O5/c1-24(2,3)33-23(30)28-9-7-27(8-10-28)22(29)19-12-16-11-17(25)14-18(21(16)32-19)15-5-6-26-20(13-15)31-4/h5-6,11,13-14,19H,7-10,12H2,1-4H3. The molecule has 1 fully saturated rings.